The fraction of sp³-hybridized carbons (Fsp3) is 0.0556. The molecule has 0 radical (unpaired) electrons. The monoisotopic (exact) mass is 427 g/mol. The molecule has 0 spiro atoms. The second-order valence-corrected chi connectivity index (χ2v) is 6.35. The molecule has 8 nitrogen and oxygen atoms in total. The lowest BCUT2D eigenvalue weighted by Gasteiger charge is -2.09. The van der Waals surface area contributed by atoms with Crippen molar-refractivity contribution in [3.63, 3.8) is 0 Å². The summed E-state index contributed by atoms with van der Waals surface area (Å²) in [5, 5.41) is 15.1. The molecule has 3 rings (SSSR count). The van der Waals surface area contributed by atoms with Crippen molar-refractivity contribution in [2.45, 2.75) is 6.42 Å². The summed E-state index contributed by atoms with van der Waals surface area (Å²) in [5.41, 5.74) is 1.45. The van der Waals surface area contributed by atoms with Gasteiger partial charge in [0.1, 0.15) is 18.0 Å². The van der Waals surface area contributed by atoms with E-state index in [0.29, 0.717) is 22.5 Å². The van der Waals surface area contributed by atoms with E-state index in [1.165, 1.54) is 18.6 Å². The van der Waals surface area contributed by atoms with E-state index in [1.807, 2.05) is 24.3 Å². The molecule has 0 aliphatic carbocycles. The molecule has 0 saturated heterocycles. The summed E-state index contributed by atoms with van der Waals surface area (Å²) in [6, 6.07) is 9.27. The second-order valence-electron chi connectivity index (χ2n) is 5.43. The molecule has 9 heteroatoms. The third-order valence-electron chi connectivity index (χ3n) is 3.42. The number of benzene rings is 1. The molecule has 1 aromatic carbocycles. The molecule has 2 heterocycles. The largest absolute Gasteiger partial charge is 0.481 e. The number of halogens is 1. The molecule has 3 aromatic rings. The number of aromatic nitrogens is 3. The fourth-order valence-electron chi connectivity index (χ4n) is 2.26. The van der Waals surface area contributed by atoms with Gasteiger partial charge >= 0.3 is 5.97 Å². The van der Waals surface area contributed by atoms with E-state index < -0.39 is 11.9 Å². The maximum atomic E-state index is 11.9. The Bertz CT molecular complexity index is 1040. The first-order valence-electron chi connectivity index (χ1n) is 7.84. The van der Waals surface area contributed by atoms with Gasteiger partial charge < -0.3 is 15.7 Å². The Morgan fingerprint density at radius 2 is 2.04 bits per heavy atom. The lowest BCUT2D eigenvalue weighted by Crippen LogP contribution is -2.09. The first-order valence-corrected chi connectivity index (χ1v) is 8.63. The van der Waals surface area contributed by atoms with Gasteiger partial charge in [0.2, 0.25) is 5.91 Å². The highest BCUT2D eigenvalue weighted by atomic mass is 79.9. The van der Waals surface area contributed by atoms with Crippen molar-refractivity contribution in [3.05, 3.63) is 59.5 Å². The Balaban J connectivity index is 1.84. The quantitative estimate of drug-likeness (QED) is 0.515. The number of carboxylic acid groups (broad SMARTS) is 1. The topological polar surface area (TPSA) is 117 Å². The smallest absolute Gasteiger partial charge is 0.307 e. The summed E-state index contributed by atoms with van der Waals surface area (Å²) < 4.78 is 0.925. The van der Waals surface area contributed by atoms with Crippen LogP contribution in [0.4, 0.5) is 17.3 Å². The Labute approximate surface area is 162 Å². The predicted octanol–water partition coefficient (Wildman–Crippen LogP) is 3.50. The predicted molar refractivity (Wildman–Crippen MR) is 105 cm³/mol. The molecule has 0 aliphatic rings. The van der Waals surface area contributed by atoms with Gasteiger partial charge in [-0.3, -0.25) is 9.59 Å². The number of amides is 1. The van der Waals surface area contributed by atoms with Gasteiger partial charge in [0.25, 0.3) is 0 Å². The number of nitrogens with one attached hydrogen (secondary N) is 2. The average Bonchev–Trinajstić information content (AvgIpc) is 2.62. The van der Waals surface area contributed by atoms with E-state index in [4.69, 9.17) is 5.11 Å². The minimum absolute atomic E-state index is 0.229. The maximum Gasteiger partial charge on any atom is 0.307 e. The molecular formula is C18H14BrN5O3. The van der Waals surface area contributed by atoms with Crippen molar-refractivity contribution in [1.29, 1.82) is 0 Å². The minimum Gasteiger partial charge on any atom is -0.481 e. The third kappa shape index (κ3) is 5.08. The summed E-state index contributed by atoms with van der Waals surface area (Å²) >= 11 is 3.42. The summed E-state index contributed by atoms with van der Waals surface area (Å²) in [6.07, 6.45) is 5.15. The molecule has 1 amide bonds. The van der Waals surface area contributed by atoms with Crippen LogP contribution < -0.4 is 10.6 Å². The van der Waals surface area contributed by atoms with Gasteiger partial charge in [-0.2, -0.15) is 0 Å². The van der Waals surface area contributed by atoms with Gasteiger partial charge in [0, 0.05) is 15.5 Å². The van der Waals surface area contributed by atoms with Crippen LogP contribution in [0.1, 0.15) is 6.42 Å². The van der Waals surface area contributed by atoms with Crippen molar-refractivity contribution in [2.24, 2.45) is 0 Å². The van der Waals surface area contributed by atoms with Crippen LogP contribution >= 0.6 is 15.9 Å². The van der Waals surface area contributed by atoms with Crippen LogP contribution in [0.25, 0.3) is 10.9 Å². The van der Waals surface area contributed by atoms with Crippen LogP contribution in [-0.2, 0) is 9.59 Å². The lowest BCUT2D eigenvalue weighted by atomic mass is 10.2. The normalized spacial score (nSPS) is 10.9. The number of hydrogen-bond acceptors (Lipinski definition) is 6. The van der Waals surface area contributed by atoms with Crippen molar-refractivity contribution in [3.8, 4) is 0 Å². The standard InChI is InChI=1S/C18H14BrN5O3/c19-11-3-1-4-12(7-11)23-18-13-8-15(20-9-14(13)21-10-22-18)24-16(25)5-2-6-17(26)27/h1-5,7-10H,6H2,(H,26,27)(H,20,24,25)(H,21,22,23)/b5-2+. The van der Waals surface area contributed by atoms with Crippen LogP contribution in [0.3, 0.4) is 0 Å². The SMILES string of the molecule is O=C(O)C/C=C/C(=O)Nc1cc2c(Nc3cccc(Br)c3)ncnc2cn1. The van der Waals surface area contributed by atoms with Crippen LogP contribution in [0, 0.1) is 0 Å². The van der Waals surface area contributed by atoms with Crippen LogP contribution in [0.15, 0.2) is 59.5 Å². The Kier molecular flexibility index (Phi) is 5.72. The van der Waals surface area contributed by atoms with Crippen LogP contribution in [0.5, 0.6) is 0 Å². The highest BCUT2D eigenvalue weighted by molar-refractivity contribution is 9.10. The zero-order chi connectivity index (χ0) is 19.2. The maximum absolute atomic E-state index is 11.9. The number of aliphatic carboxylic acids is 1. The van der Waals surface area contributed by atoms with E-state index in [0.717, 1.165) is 16.2 Å². The summed E-state index contributed by atoms with van der Waals surface area (Å²) in [5.74, 6) is -0.610. The zero-order valence-electron chi connectivity index (χ0n) is 13.9. The minimum atomic E-state index is -1.01. The van der Waals surface area contributed by atoms with Crippen molar-refractivity contribution in [2.75, 3.05) is 10.6 Å². The van der Waals surface area contributed by atoms with Crippen LogP contribution in [-0.4, -0.2) is 31.9 Å². The summed E-state index contributed by atoms with van der Waals surface area (Å²) in [6.45, 7) is 0. The van der Waals surface area contributed by atoms with Gasteiger partial charge in [0.15, 0.2) is 0 Å². The first-order chi connectivity index (χ1) is 13.0. The number of hydrogen-bond donors (Lipinski definition) is 3. The summed E-state index contributed by atoms with van der Waals surface area (Å²) in [4.78, 5) is 34.9. The first kappa shape index (κ1) is 18.5. The van der Waals surface area contributed by atoms with Crippen LogP contribution in [0.2, 0.25) is 0 Å². The van der Waals surface area contributed by atoms with Gasteiger partial charge in [-0.15, -0.1) is 0 Å². The Morgan fingerprint density at radius 3 is 2.81 bits per heavy atom. The van der Waals surface area contributed by atoms with Crippen molar-refractivity contribution < 1.29 is 14.7 Å². The number of carboxylic acids is 1. The number of nitrogens with zero attached hydrogens (tertiary/aromatic N) is 3. The molecule has 0 unspecified atom stereocenters. The highest BCUT2D eigenvalue weighted by Gasteiger charge is 2.08. The molecule has 0 bridgehead atoms. The summed E-state index contributed by atoms with van der Waals surface area (Å²) in [7, 11) is 0. The average molecular weight is 428 g/mol. The highest BCUT2D eigenvalue weighted by Crippen LogP contribution is 2.25. The van der Waals surface area contributed by atoms with E-state index >= 15 is 0 Å². The third-order valence-corrected chi connectivity index (χ3v) is 3.92. The van der Waals surface area contributed by atoms with E-state index in [2.05, 4.69) is 41.5 Å². The number of fused-ring (bicyclic) bond motifs is 1. The van der Waals surface area contributed by atoms with Gasteiger partial charge in [-0.1, -0.05) is 28.1 Å². The van der Waals surface area contributed by atoms with Gasteiger partial charge in [-0.25, -0.2) is 15.0 Å². The molecular weight excluding hydrogens is 414 g/mol. The number of anilines is 3. The molecule has 0 aliphatic heterocycles. The molecule has 136 valence electrons. The molecule has 0 saturated carbocycles. The number of carbonyl (C=O) groups excluding carboxylic acids is 1. The molecule has 0 fully saturated rings. The lowest BCUT2D eigenvalue weighted by molar-refractivity contribution is -0.136. The molecule has 2 aromatic heterocycles. The second kappa shape index (κ2) is 8.37. The Morgan fingerprint density at radius 1 is 1.19 bits per heavy atom. The van der Waals surface area contributed by atoms with Crippen molar-refractivity contribution >= 4 is 56.0 Å². The van der Waals surface area contributed by atoms with E-state index in [9.17, 15) is 9.59 Å². The van der Waals surface area contributed by atoms with E-state index in [-0.39, 0.29) is 6.42 Å². The number of carbonyl (C=O) groups is 2. The van der Waals surface area contributed by atoms with Crippen molar-refractivity contribution in [1.82, 2.24) is 15.0 Å². The zero-order valence-corrected chi connectivity index (χ0v) is 15.5. The molecule has 0 atom stereocenters. The fourth-order valence-corrected chi connectivity index (χ4v) is 2.66. The van der Waals surface area contributed by atoms with E-state index in [1.54, 1.807) is 6.07 Å². The Hall–Kier alpha value is -3.33. The van der Waals surface area contributed by atoms with Gasteiger partial charge in [0.05, 0.1) is 18.1 Å². The van der Waals surface area contributed by atoms with Gasteiger partial charge in [-0.05, 0) is 30.3 Å². The molecule has 27 heavy (non-hydrogen) atoms. The number of pyridine rings is 1. The number of rotatable bonds is 6. The molecule has 3 N–H and O–H groups in total.